The maximum Gasteiger partial charge on any atom is 0.270 e. The average Bonchev–Trinajstić information content (AvgIpc) is 2.62. The van der Waals surface area contributed by atoms with Crippen LogP contribution < -0.4 is 15.4 Å². The summed E-state index contributed by atoms with van der Waals surface area (Å²) in [5.74, 6) is 0.441. The first-order valence-electron chi connectivity index (χ1n) is 8.33. The largest absolute Gasteiger partial charge is 0.355 e. The molecule has 0 amide bonds. The third kappa shape index (κ3) is 8.63. The summed E-state index contributed by atoms with van der Waals surface area (Å²) in [6, 6.07) is 4.62. The fourth-order valence-corrected chi connectivity index (χ4v) is 3.96. The van der Waals surface area contributed by atoms with E-state index >= 15 is 0 Å². The zero-order valence-corrected chi connectivity index (χ0v) is 17.5. The molecular formula is C15H25N5O6S2. The Morgan fingerprint density at radius 3 is 2.50 bits per heavy atom. The Morgan fingerprint density at radius 2 is 1.93 bits per heavy atom. The lowest BCUT2D eigenvalue weighted by Gasteiger charge is -2.17. The second-order valence-electron chi connectivity index (χ2n) is 6.12. The van der Waals surface area contributed by atoms with Gasteiger partial charge in [-0.1, -0.05) is 6.07 Å². The molecule has 1 rings (SSSR count). The minimum atomic E-state index is -3.89. The molecule has 1 aromatic carbocycles. The minimum Gasteiger partial charge on any atom is -0.355 e. The lowest BCUT2D eigenvalue weighted by Crippen LogP contribution is -2.45. The Labute approximate surface area is 164 Å². The molecule has 1 aromatic rings. The van der Waals surface area contributed by atoms with E-state index in [9.17, 15) is 26.9 Å². The second kappa shape index (κ2) is 10.3. The van der Waals surface area contributed by atoms with Crippen LogP contribution in [0.5, 0.6) is 0 Å². The number of rotatable bonds is 10. The van der Waals surface area contributed by atoms with Crippen LogP contribution in [0.25, 0.3) is 0 Å². The highest BCUT2D eigenvalue weighted by atomic mass is 32.2. The van der Waals surface area contributed by atoms with E-state index in [0.717, 1.165) is 6.07 Å². The highest BCUT2D eigenvalue weighted by Gasteiger charge is 2.17. The molecule has 0 radical (unpaired) electrons. The van der Waals surface area contributed by atoms with Crippen molar-refractivity contribution in [1.29, 1.82) is 0 Å². The van der Waals surface area contributed by atoms with E-state index < -0.39 is 24.8 Å². The van der Waals surface area contributed by atoms with E-state index in [4.69, 9.17) is 0 Å². The van der Waals surface area contributed by atoms with E-state index in [2.05, 4.69) is 20.3 Å². The SMILES string of the molecule is CN=C(NCCNS(=O)(=O)c1cccc([N+](=O)[O-])c1)NC(C)CCS(C)(=O)=O. The second-order valence-corrected chi connectivity index (χ2v) is 10.1. The standard InChI is InChI=1S/C15H25N5O6S2/c1-12(7-10-27(3,23)24)19-15(16-2)17-8-9-18-28(25,26)14-6-4-5-13(11-14)20(21)22/h4-6,11-12,18H,7-10H2,1-3H3,(H2,16,17,19). The van der Waals surface area contributed by atoms with Crippen molar-refractivity contribution in [3.8, 4) is 0 Å². The van der Waals surface area contributed by atoms with Crippen LogP contribution in [0.3, 0.4) is 0 Å². The molecule has 3 N–H and O–H groups in total. The highest BCUT2D eigenvalue weighted by Crippen LogP contribution is 2.16. The first kappa shape index (κ1) is 23.8. The van der Waals surface area contributed by atoms with Crippen molar-refractivity contribution in [1.82, 2.24) is 15.4 Å². The fraction of sp³-hybridized carbons (Fsp3) is 0.533. The molecule has 158 valence electrons. The number of guanidine groups is 1. The van der Waals surface area contributed by atoms with E-state index in [1.54, 1.807) is 0 Å². The van der Waals surface area contributed by atoms with Crippen molar-refractivity contribution < 1.29 is 21.8 Å². The van der Waals surface area contributed by atoms with Crippen LogP contribution in [-0.2, 0) is 19.9 Å². The summed E-state index contributed by atoms with van der Waals surface area (Å²) in [6.07, 6.45) is 1.57. The Kier molecular flexibility index (Phi) is 8.78. The number of nitro benzene ring substituents is 1. The lowest BCUT2D eigenvalue weighted by molar-refractivity contribution is -0.385. The van der Waals surface area contributed by atoms with Crippen molar-refractivity contribution in [3.05, 3.63) is 34.4 Å². The topological polar surface area (TPSA) is 160 Å². The number of nitro groups is 1. The molecule has 0 aliphatic rings. The summed E-state index contributed by atoms with van der Waals surface area (Å²) < 4.78 is 49.2. The third-order valence-corrected chi connectivity index (χ3v) is 6.01. The quantitative estimate of drug-likeness (QED) is 0.150. The monoisotopic (exact) mass is 435 g/mol. The number of hydrogen-bond acceptors (Lipinski definition) is 7. The van der Waals surface area contributed by atoms with Gasteiger partial charge in [-0.2, -0.15) is 0 Å². The Hall–Kier alpha value is -2.25. The van der Waals surface area contributed by atoms with Gasteiger partial charge in [0.05, 0.1) is 15.6 Å². The normalized spacial score (nSPS) is 13.8. The summed E-state index contributed by atoms with van der Waals surface area (Å²) in [7, 11) is -5.41. The molecule has 0 saturated carbocycles. The van der Waals surface area contributed by atoms with Gasteiger partial charge in [0.1, 0.15) is 9.84 Å². The van der Waals surface area contributed by atoms with Crippen molar-refractivity contribution >= 4 is 31.5 Å². The predicted octanol–water partition coefficient (Wildman–Crippen LogP) is -0.139. The number of nitrogens with one attached hydrogen (secondary N) is 3. The summed E-state index contributed by atoms with van der Waals surface area (Å²) in [5.41, 5.74) is -0.311. The van der Waals surface area contributed by atoms with Crippen LogP contribution in [0.4, 0.5) is 5.69 Å². The van der Waals surface area contributed by atoms with E-state index in [1.807, 2.05) is 6.92 Å². The van der Waals surface area contributed by atoms with Gasteiger partial charge in [0.25, 0.3) is 5.69 Å². The number of non-ortho nitro benzene ring substituents is 1. The molecular weight excluding hydrogens is 410 g/mol. The lowest BCUT2D eigenvalue weighted by atomic mass is 10.3. The fourth-order valence-electron chi connectivity index (χ4n) is 2.10. The van der Waals surface area contributed by atoms with Crippen molar-refractivity contribution in [2.24, 2.45) is 4.99 Å². The van der Waals surface area contributed by atoms with Crippen LogP contribution in [0, 0.1) is 10.1 Å². The number of hydrogen-bond donors (Lipinski definition) is 3. The Morgan fingerprint density at radius 1 is 1.25 bits per heavy atom. The molecule has 0 saturated heterocycles. The van der Waals surface area contributed by atoms with E-state index in [-0.39, 0.29) is 35.5 Å². The molecule has 0 aliphatic heterocycles. The van der Waals surface area contributed by atoms with Crippen molar-refractivity contribution in [2.45, 2.75) is 24.3 Å². The van der Waals surface area contributed by atoms with Crippen LogP contribution in [0.15, 0.2) is 34.2 Å². The molecule has 0 fully saturated rings. The van der Waals surface area contributed by atoms with Gasteiger partial charge in [-0.05, 0) is 19.4 Å². The number of sulfone groups is 1. The summed E-state index contributed by atoms with van der Waals surface area (Å²) >= 11 is 0. The first-order chi connectivity index (χ1) is 12.9. The molecule has 0 heterocycles. The first-order valence-corrected chi connectivity index (χ1v) is 11.9. The van der Waals surface area contributed by atoms with Gasteiger partial charge in [0.15, 0.2) is 5.96 Å². The van der Waals surface area contributed by atoms with Crippen LogP contribution in [-0.4, -0.2) is 65.9 Å². The Balaban J connectivity index is 2.51. The smallest absolute Gasteiger partial charge is 0.270 e. The number of sulfonamides is 1. The molecule has 0 bridgehead atoms. The zero-order valence-electron chi connectivity index (χ0n) is 15.9. The van der Waals surface area contributed by atoms with Crippen LogP contribution in [0.2, 0.25) is 0 Å². The van der Waals surface area contributed by atoms with Gasteiger partial charge in [-0.3, -0.25) is 15.1 Å². The predicted molar refractivity (Wildman–Crippen MR) is 107 cm³/mol. The molecule has 1 unspecified atom stereocenters. The average molecular weight is 436 g/mol. The summed E-state index contributed by atoms with van der Waals surface area (Å²) in [6.45, 7) is 2.03. The van der Waals surface area contributed by atoms with Crippen molar-refractivity contribution in [3.63, 3.8) is 0 Å². The van der Waals surface area contributed by atoms with Gasteiger partial charge >= 0.3 is 0 Å². The molecule has 13 heteroatoms. The van der Waals surface area contributed by atoms with Crippen LogP contribution >= 0.6 is 0 Å². The number of nitrogens with zero attached hydrogens (tertiary/aromatic N) is 2. The van der Waals surface area contributed by atoms with Gasteiger partial charge in [0.2, 0.25) is 10.0 Å². The zero-order chi connectivity index (χ0) is 21.4. The minimum absolute atomic E-state index is 0.0173. The third-order valence-electron chi connectivity index (χ3n) is 3.58. The molecule has 1 atom stereocenters. The van der Waals surface area contributed by atoms with Gasteiger partial charge in [-0.25, -0.2) is 21.6 Å². The molecule has 0 aliphatic carbocycles. The van der Waals surface area contributed by atoms with Gasteiger partial charge in [-0.15, -0.1) is 0 Å². The molecule has 28 heavy (non-hydrogen) atoms. The van der Waals surface area contributed by atoms with Crippen LogP contribution in [0.1, 0.15) is 13.3 Å². The maximum atomic E-state index is 12.2. The number of benzene rings is 1. The van der Waals surface area contributed by atoms with E-state index in [1.165, 1.54) is 31.5 Å². The number of aliphatic imine (C=N–C) groups is 1. The highest BCUT2D eigenvalue weighted by molar-refractivity contribution is 7.90. The van der Waals surface area contributed by atoms with E-state index in [0.29, 0.717) is 12.4 Å². The molecule has 0 aromatic heterocycles. The summed E-state index contributed by atoms with van der Waals surface area (Å²) in [5, 5.41) is 16.7. The van der Waals surface area contributed by atoms with Gasteiger partial charge in [0, 0.05) is 44.6 Å². The van der Waals surface area contributed by atoms with Crippen molar-refractivity contribution in [2.75, 3.05) is 32.1 Å². The van der Waals surface area contributed by atoms with Gasteiger partial charge < -0.3 is 10.6 Å². The molecule has 11 nitrogen and oxygen atoms in total. The summed E-state index contributed by atoms with van der Waals surface area (Å²) in [4.78, 5) is 13.9. The maximum absolute atomic E-state index is 12.2. The molecule has 0 spiro atoms. The Bertz CT molecular complexity index is 915.